The van der Waals surface area contributed by atoms with E-state index < -0.39 is 16.9 Å². The van der Waals surface area contributed by atoms with Crippen LogP contribution in [0.15, 0.2) is 48.5 Å². The molecule has 1 aliphatic rings. The minimum absolute atomic E-state index is 0.00389. The van der Waals surface area contributed by atoms with Crippen LogP contribution in [0.25, 0.3) is 0 Å². The number of ketones is 1. The first kappa shape index (κ1) is 15.6. The predicted molar refractivity (Wildman–Crippen MR) is 85.4 cm³/mol. The number of nitrogens with zero attached hydrogens (tertiary/aromatic N) is 1. The lowest BCUT2D eigenvalue weighted by molar-refractivity contribution is -0.384. The van der Waals surface area contributed by atoms with Gasteiger partial charge in [-0.15, -0.1) is 0 Å². The summed E-state index contributed by atoms with van der Waals surface area (Å²) in [4.78, 5) is 22.2. The number of carbonyl (C=O) groups excluding carboxylic acids is 1. The fraction of sp³-hybridized carbons (Fsp3) is 0.235. The van der Waals surface area contributed by atoms with E-state index in [4.69, 9.17) is 11.6 Å². The number of hydrogen-bond donors (Lipinski definition) is 1. The van der Waals surface area contributed by atoms with Gasteiger partial charge in [0.05, 0.1) is 16.9 Å². The number of benzene rings is 2. The van der Waals surface area contributed by atoms with Gasteiger partial charge in [0.25, 0.3) is 5.69 Å². The molecular formula is C17H14ClNO4. The molecule has 0 heterocycles. The van der Waals surface area contributed by atoms with E-state index in [1.54, 1.807) is 12.1 Å². The molecule has 23 heavy (non-hydrogen) atoms. The van der Waals surface area contributed by atoms with Gasteiger partial charge in [-0.25, -0.2) is 0 Å². The Morgan fingerprint density at radius 1 is 1.13 bits per heavy atom. The number of aliphatic hydroxyl groups excluding tert-OH is 1. The number of hydrogen-bond acceptors (Lipinski definition) is 4. The van der Waals surface area contributed by atoms with Gasteiger partial charge in [0.2, 0.25) is 0 Å². The van der Waals surface area contributed by atoms with Crippen molar-refractivity contribution in [2.75, 3.05) is 0 Å². The Morgan fingerprint density at radius 2 is 1.74 bits per heavy atom. The third-order valence-electron chi connectivity index (χ3n) is 4.31. The average molecular weight is 332 g/mol. The third-order valence-corrected chi connectivity index (χ3v) is 4.56. The number of carbonyl (C=O) groups is 1. The van der Waals surface area contributed by atoms with Crippen molar-refractivity contribution in [1.82, 2.24) is 0 Å². The lowest BCUT2D eigenvalue weighted by Crippen LogP contribution is -2.39. The summed E-state index contributed by atoms with van der Waals surface area (Å²) in [7, 11) is 0. The molecule has 0 amide bonds. The Balaban J connectivity index is 1.82. The molecule has 0 unspecified atom stereocenters. The number of halogens is 1. The van der Waals surface area contributed by atoms with Gasteiger partial charge >= 0.3 is 0 Å². The number of non-ortho nitro benzene ring substituents is 1. The van der Waals surface area contributed by atoms with E-state index in [-0.39, 0.29) is 17.4 Å². The summed E-state index contributed by atoms with van der Waals surface area (Å²) in [5.41, 5.74) is 1.42. The maximum atomic E-state index is 12.0. The largest absolute Gasteiger partial charge is 0.388 e. The van der Waals surface area contributed by atoms with Crippen molar-refractivity contribution in [2.45, 2.75) is 18.4 Å². The molecule has 0 aliphatic heterocycles. The minimum atomic E-state index is -0.974. The van der Waals surface area contributed by atoms with Crippen LogP contribution in [-0.4, -0.2) is 15.8 Å². The van der Waals surface area contributed by atoms with E-state index in [0.29, 0.717) is 17.0 Å². The predicted octanol–water partition coefficient (Wildman–Crippen LogP) is 3.65. The van der Waals surface area contributed by atoms with Crippen molar-refractivity contribution in [3.63, 3.8) is 0 Å². The van der Waals surface area contributed by atoms with Crippen molar-refractivity contribution in [1.29, 1.82) is 0 Å². The van der Waals surface area contributed by atoms with Crippen molar-refractivity contribution >= 4 is 23.1 Å². The van der Waals surface area contributed by atoms with E-state index in [0.717, 1.165) is 5.56 Å². The van der Waals surface area contributed by atoms with Crippen LogP contribution in [0.2, 0.25) is 5.02 Å². The number of nitro groups is 1. The molecule has 3 atom stereocenters. The molecule has 6 heteroatoms. The van der Waals surface area contributed by atoms with Gasteiger partial charge in [-0.3, -0.25) is 14.9 Å². The van der Waals surface area contributed by atoms with Crippen LogP contribution in [0.4, 0.5) is 5.69 Å². The average Bonchev–Trinajstić information content (AvgIpc) is 2.53. The maximum Gasteiger partial charge on any atom is 0.269 e. The minimum Gasteiger partial charge on any atom is -0.388 e. The summed E-state index contributed by atoms with van der Waals surface area (Å²) in [5, 5.41) is 21.8. The zero-order chi connectivity index (χ0) is 16.6. The molecule has 0 spiro atoms. The molecule has 0 bridgehead atoms. The molecule has 2 aromatic rings. The molecule has 118 valence electrons. The van der Waals surface area contributed by atoms with E-state index in [1.807, 2.05) is 12.1 Å². The molecule has 5 nitrogen and oxygen atoms in total. The Hall–Kier alpha value is -2.24. The normalized spacial score (nSPS) is 21.6. The molecule has 1 aliphatic carbocycles. The number of Topliss-reactive ketones (excluding diaryl/α,β-unsaturated/α-hetero) is 1. The van der Waals surface area contributed by atoms with Crippen LogP contribution in [0, 0.1) is 16.0 Å². The van der Waals surface area contributed by atoms with Gasteiger partial charge in [-0.05, 0) is 35.4 Å². The number of rotatable bonds is 4. The van der Waals surface area contributed by atoms with Crippen molar-refractivity contribution in [3.05, 3.63) is 74.8 Å². The van der Waals surface area contributed by atoms with Gasteiger partial charge in [0, 0.05) is 29.5 Å². The molecule has 0 aromatic heterocycles. The summed E-state index contributed by atoms with van der Waals surface area (Å²) < 4.78 is 0. The fourth-order valence-corrected chi connectivity index (χ4v) is 3.10. The van der Waals surface area contributed by atoms with Gasteiger partial charge in [0.15, 0.2) is 0 Å². The third kappa shape index (κ3) is 2.98. The maximum absolute atomic E-state index is 12.0. The van der Waals surface area contributed by atoms with E-state index in [2.05, 4.69) is 0 Å². The van der Waals surface area contributed by atoms with Gasteiger partial charge in [0.1, 0.15) is 5.78 Å². The standard InChI is InChI=1S/C17H14ClNO4/c18-12-5-1-10(2-6-12)14-9-15(20)16(14)17(21)11-3-7-13(8-4-11)19(22)23/h1-8,14,16-17,21H,9H2/t14-,16-,17+/m1/s1. The first-order valence-electron chi connectivity index (χ1n) is 7.18. The summed E-state index contributed by atoms with van der Waals surface area (Å²) in [6, 6.07) is 12.9. The summed E-state index contributed by atoms with van der Waals surface area (Å²) in [6.07, 6.45) is -0.589. The first-order chi connectivity index (χ1) is 11.0. The lowest BCUT2D eigenvalue weighted by Gasteiger charge is -2.38. The second-order valence-electron chi connectivity index (χ2n) is 5.65. The number of aliphatic hydroxyl groups is 1. The molecule has 1 N–H and O–H groups in total. The molecule has 1 fully saturated rings. The summed E-state index contributed by atoms with van der Waals surface area (Å²) in [6.45, 7) is 0. The highest BCUT2D eigenvalue weighted by atomic mass is 35.5. The van der Waals surface area contributed by atoms with Crippen LogP contribution >= 0.6 is 11.6 Å². The Bertz CT molecular complexity index is 742. The highest BCUT2D eigenvalue weighted by Crippen LogP contribution is 2.46. The van der Waals surface area contributed by atoms with E-state index >= 15 is 0 Å². The molecule has 1 saturated carbocycles. The van der Waals surface area contributed by atoms with Crippen molar-refractivity contribution < 1.29 is 14.8 Å². The van der Waals surface area contributed by atoms with Crippen LogP contribution in [-0.2, 0) is 4.79 Å². The van der Waals surface area contributed by atoms with Gasteiger partial charge < -0.3 is 5.11 Å². The van der Waals surface area contributed by atoms with Crippen LogP contribution < -0.4 is 0 Å². The zero-order valence-corrected chi connectivity index (χ0v) is 12.8. The lowest BCUT2D eigenvalue weighted by atomic mass is 9.65. The Labute approximate surface area is 137 Å². The first-order valence-corrected chi connectivity index (χ1v) is 7.56. The van der Waals surface area contributed by atoms with E-state index in [1.165, 1.54) is 24.3 Å². The molecule has 3 rings (SSSR count). The van der Waals surface area contributed by atoms with Crippen molar-refractivity contribution in [3.8, 4) is 0 Å². The summed E-state index contributed by atoms with van der Waals surface area (Å²) in [5.74, 6) is -0.599. The smallest absolute Gasteiger partial charge is 0.269 e. The molecular weight excluding hydrogens is 318 g/mol. The zero-order valence-electron chi connectivity index (χ0n) is 12.1. The van der Waals surface area contributed by atoms with Gasteiger partial charge in [-0.2, -0.15) is 0 Å². The molecule has 0 radical (unpaired) electrons. The number of nitro benzene ring substituents is 1. The topological polar surface area (TPSA) is 80.4 Å². The highest BCUT2D eigenvalue weighted by Gasteiger charge is 2.45. The van der Waals surface area contributed by atoms with Crippen LogP contribution in [0.3, 0.4) is 0 Å². The SMILES string of the molecule is O=C1C[C@H](c2ccc(Cl)cc2)[C@H]1[C@@H](O)c1ccc([N+](=O)[O-])cc1. The Morgan fingerprint density at radius 3 is 2.26 bits per heavy atom. The fourth-order valence-electron chi connectivity index (χ4n) is 2.98. The Kier molecular flexibility index (Phi) is 4.15. The van der Waals surface area contributed by atoms with Crippen LogP contribution in [0.5, 0.6) is 0 Å². The molecule has 0 saturated heterocycles. The van der Waals surface area contributed by atoms with Crippen LogP contribution in [0.1, 0.15) is 29.6 Å². The van der Waals surface area contributed by atoms with E-state index in [9.17, 15) is 20.0 Å². The van der Waals surface area contributed by atoms with Gasteiger partial charge in [-0.1, -0.05) is 23.7 Å². The highest BCUT2D eigenvalue weighted by molar-refractivity contribution is 6.30. The monoisotopic (exact) mass is 331 g/mol. The second kappa shape index (κ2) is 6.10. The second-order valence-corrected chi connectivity index (χ2v) is 6.08. The van der Waals surface area contributed by atoms with Crippen molar-refractivity contribution in [2.24, 2.45) is 5.92 Å². The summed E-state index contributed by atoms with van der Waals surface area (Å²) >= 11 is 5.87. The molecule has 2 aromatic carbocycles. The quantitative estimate of drug-likeness (QED) is 0.685.